The summed E-state index contributed by atoms with van der Waals surface area (Å²) in [5.74, 6) is -1.04. The molecule has 1 aliphatic heterocycles. The van der Waals surface area contributed by atoms with Gasteiger partial charge in [-0.05, 0) is 32.6 Å². The van der Waals surface area contributed by atoms with Crippen molar-refractivity contribution in [3.05, 3.63) is 0 Å². The number of carbonyl (C=O) groups is 1. The average Bonchev–Trinajstić information content (AvgIpc) is 2.17. The van der Waals surface area contributed by atoms with Crippen molar-refractivity contribution >= 4 is 5.97 Å². The molecule has 0 aliphatic carbocycles. The van der Waals surface area contributed by atoms with Crippen molar-refractivity contribution in [1.82, 2.24) is 0 Å². The van der Waals surface area contributed by atoms with Crippen molar-refractivity contribution in [1.29, 1.82) is 5.26 Å². The Bertz CT molecular complexity index is 280. The number of hydrogen-bond donors (Lipinski definition) is 0. The molecule has 0 radical (unpaired) electrons. The number of rotatable bonds is 2. The van der Waals surface area contributed by atoms with Gasteiger partial charge in [-0.2, -0.15) is 5.26 Å². The largest absolute Gasteiger partial charge is 0.468 e. The summed E-state index contributed by atoms with van der Waals surface area (Å²) >= 11 is 0. The molecular formula is C11H17NO3. The molecular weight excluding hydrogens is 194 g/mol. The Morgan fingerprint density at radius 3 is 2.80 bits per heavy atom. The van der Waals surface area contributed by atoms with Crippen molar-refractivity contribution in [2.24, 2.45) is 11.8 Å². The Kier molecular flexibility index (Phi) is 3.70. The summed E-state index contributed by atoms with van der Waals surface area (Å²) in [6.45, 7) is 4.56. The molecule has 0 unspecified atom stereocenters. The molecule has 1 aliphatic rings. The molecule has 0 bridgehead atoms. The van der Waals surface area contributed by atoms with Crippen molar-refractivity contribution in [3.8, 4) is 6.07 Å². The summed E-state index contributed by atoms with van der Waals surface area (Å²) in [7, 11) is 1.32. The van der Waals surface area contributed by atoms with E-state index < -0.39 is 11.9 Å². The van der Waals surface area contributed by atoms with Gasteiger partial charge < -0.3 is 9.47 Å². The highest BCUT2D eigenvalue weighted by Gasteiger charge is 2.37. The maximum Gasteiger partial charge on any atom is 0.323 e. The van der Waals surface area contributed by atoms with E-state index in [1.807, 2.05) is 19.9 Å². The molecule has 15 heavy (non-hydrogen) atoms. The molecule has 1 fully saturated rings. The van der Waals surface area contributed by atoms with E-state index >= 15 is 0 Å². The molecule has 2 atom stereocenters. The molecule has 4 heteroatoms. The summed E-state index contributed by atoms with van der Waals surface area (Å²) in [6, 6.07) is 2.03. The third-order valence-electron chi connectivity index (χ3n) is 2.80. The lowest BCUT2D eigenvalue weighted by Crippen LogP contribution is -2.38. The van der Waals surface area contributed by atoms with Crippen LogP contribution in [0.4, 0.5) is 0 Å². The zero-order valence-electron chi connectivity index (χ0n) is 9.45. The maximum atomic E-state index is 11.4. The Balaban J connectivity index is 2.70. The van der Waals surface area contributed by atoms with Gasteiger partial charge in [0, 0.05) is 6.61 Å². The lowest BCUT2D eigenvalue weighted by Gasteiger charge is -2.36. The summed E-state index contributed by atoms with van der Waals surface area (Å²) in [5.41, 5.74) is -0.244. The number of nitriles is 1. The minimum atomic E-state index is -0.654. The first-order valence-corrected chi connectivity index (χ1v) is 5.11. The van der Waals surface area contributed by atoms with Gasteiger partial charge in [0.05, 0.1) is 18.8 Å². The van der Waals surface area contributed by atoms with Crippen molar-refractivity contribution in [2.45, 2.75) is 32.3 Å². The zero-order valence-corrected chi connectivity index (χ0v) is 9.45. The molecule has 0 aromatic heterocycles. The Morgan fingerprint density at radius 2 is 2.33 bits per heavy atom. The molecule has 0 saturated carbocycles. The maximum absolute atomic E-state index is 11.4. The van der Waals surface area contributed by atoms with Gasteiger partial charge >= 0.3 is 5.97 Å². The predicted octanol–water partition coefficient (Wildman–Crippen LogP) is 1.50. The number of methoxy groups -OCH3 is 1. The lowest BCUT2D eigenvalue weighted by molar-refractivity contribution is -0.148. The van der Waals surface area contributed by atoms with Gasteiger partial charge in [-0.3, -0.25) is 4.79 Å². The average molecular weight is 211 g/mol. The predicted molar refractivity (Wildman–Crippen MR) is 53.9 cm³/mol. The summed E-state index contributed by atoms with van der Waals surface area (Å²) in [6.07, 6.45) is 1.47. The van der Waals surface area contributed by atoms with Crippen LogP contribution in [-0.4, -0.2) is 25.3 Å². The molecule has 84 valence electrons. The van der Waals surface area contributed by atoms with E-state index in [1.54, 1.807) is 0 Å². The van der Waals surface area contributed by atoms with Crippen LogP contribution >= 0.6 is 0 Å². The molecule has 1 saturated heterocycles. The highest BCUT2D eigenvalue weighted by Crippen LogP contribution is 2.33. The third kappa shape index (κ3) is 2.93. The van der Waals surface area contributed by atoms with Crippen LogP contribution in [0.3, 0.4) is 0 Å². The Morgan fingerprint density at radius 1 is 1.67 bits per heavy atom. The van der Waals surface area contributed by atoms with Crippen LogP contribution in [0.5, 0.6) is 0 Å². The van der Waals surface area contributed by atoms with E-state index in [1.165, 1.54) is 7.11 Å². The fraction of sp³-hybridized carbons (Fsp3) is 0.818. The van der Waals surface area contributed by atoms with Crippen LogP contribution < -0.4 is 0 Å². The van der Waals surface area contributed by atoms with Gasteiger partial charge in [0.25, 0.3) is 0 Å². The summed E-state index contributed by atoms with van der Waals surface area (Å²) in [5, 5.41) is 8.96. The summed E-state index contributed by atoms with van der Waals surface area (Å²) < 4.78 is 10.2. The molecule has 1 rings (SSSR count). The molecule has 4 nitrogen and oxygen atoms in total. The van der Waals surface area contributed by atoms with Gasteiger partial charge in [-0.25, -0.2) is 0 Å². The van der Waals surface area contributed by atoms with Crippen molar-refractivity contribution < 1.29 is 14.3 Å². The van der Waals surface area contributed by atoms with Crippen molar-refractivity contribution in [3.63, 3.8) is 0 Å². The number of hydrogen-bond acceptors (Lipinski definition) is 4. The Hall–Kier alpha value is -1.08. The van der Waals surface area contributed by atoms with E-state index in [0.717, 1.165) is 12.8 Å². The van der Waals surface area contributed by atoms with E-state index in [2.05, 4.69) is 4.74 Å². The molecule has 0 amide bonds. The highest BCUT2D eigenvalue weighted by atomic mass is 16.5. The van der Waals surface area contributed by atoms with Crippen LogP contribution in [-0.2, 0) is 14.3 Å². The van der Waals surface area contributed by atoms with Gasteiger partial charge in [0.2, 0.25) is 0 Å². The SMILES string of the molecule is COC(=O)[C@@H](C#N)[C@H]1CCOC(C)(C)C1. The fourth-order valence-electron chi connectivity index (χ4n) is 2.04. The number of esters is 1. The Labute approximate surface area is 90.2 Å². The van der Waals surface area contributed by atoms with Crippen LogP contribution in [0, 0.1) is 23.2 Å². The second kappa shape index (κ2) is 4.63. The normalized spacial score (nSPS) is 26.4. The molecule has 0 aromatic carbocycles. The standard InChI is InChI=1S/C11H17NO3/c1-11(2)6-8(4-5-15-11)9(7-12)10(13)14-3/h8-9H,4-6H2,1-3H3/t8-,9-/m0/s1. The quantitative estimate of drug-likeness (QED) is 0.649. The number of ether oxygens (including phenoxy) is 2. The number of carbonyl (C=O) groups excluding carboxylic acids is 1. The lowest BCUT2D eigenvalue weighted by atomic mass is 9.80. The van der Waals surface area contributed by atoms with Gasteiger partial charge in [0.15, 0.2) is 0 Å². The highest BCUT2D eigenvalue weighted by molar-refractivity contribution is 5.75. The molecule has 1 heterocycles. The van der Waals surface area contributed by atoms with E-state index in [4.69, 9.17) is 10.00 Å². The first-order valence-electron chi connectivity index (χ1n) is 5.11. The monoisotopic (exact) mass is 211 g/mol. The van der Waals surface area contributed by atoms with Crippen LogP contribution in [0.25, 0.3) is 0 Å². The van der Waals surface area contributed by atoms with Crippen LogP contribution in [0.1, 0.15) is 26.7 Å². The van der Waals surface area contributed by atoms with Crippen LogP contribution in [0.15, 0.2) is 0 Å². The number of nitrogens with zero attached hydrogens (tertiary/aromatic N) is 1. The fourth-order valence-corrected chi connectivity index (χ4v) is 2.04. The second-order valence-electron chi connectivity index (χ2n) is 4.49. The minimum Gasteiger partial charge on any atom is -0.468 e. The minimum absolute atomic E-state index is 0.0474. The van der Waals surface area contributed by atoms with Gasteiger partial charge in [0.1, 0.15) is 5.92 Å². The van der Waals surface area contributed by atoms with Gasteiger partial charge in [-0.1, -0.05) is 0 Å². The van der Waals surface area contributed by atoms with Gasteiger partial charge in [-0.15, -0.1) is 0 Å². The topological polar surface area (TPSA) is 59.3 Å². The second-order valence-corrected chi connectivity index (χ2v) is 4.49. The molecule has 0 spiro atoms. The van der Waals surface area contributed by atoms with Crippen molar-refractivity contribution in [2.75, 3.05) is 13.7 Å². The third-order valence-corrected chi connectivity index (χ3v) is 2.80. The molecule has 0 N–H and O–H groups in total. The first-order chi connectivity index (χ1) is 7.00. The van der Waals surface area contributed by atoms with E-state index in [0.29, 0.717) is 6.61 Å². The first kappa shape index (κ1) is 12.0. The zero-order chi connectivity index (χ0) is 11.5. The van der Waals surface area contributed by atoms with E-state index in [9.17, 15) is 4.79 Å². The smallest absolute Gasteiger partial charge is 0.323 e. The van der Waals surface area contributed by atoms with E-state index in [-0.39, 0.29) is 11.5 Å². The summed E-state index contributed by atoms with van der Waals surface area (Å²) in [4.78, 5) is 11.4. The van der Waals surface area contributed by atoms with Crippen LogP contribution in [0.2, 0.25) is 0 Å². The molecule has 0 aromatic rings.